The third kappa shape index (κ3) is 7.39. The first-order valence-corrected chi connectivity index (χ1v) is 12.0. The molecule has 37 heavy (non-hydrogen) atoms. The van der Waals surface area contributed by atoms with Crippen LogP contribution in [0.25, 0.3) is 0 Å². The molecule has 1 heterocycles. The Hall–Kier alpha value is -4.20. The number of ether oxygens (including phenoxy) is 2. The molecule has 8 nitrogen and oxygen atoms in total. The number of aromatic nitrogens is 1. The first-order valence-electron chi connectivity index (χ1n) is 12.0. The fourth-order valence-electron chi connectivity index (χ4n) is 3.95. The second-order valence-electron chi connectivity index (χ2n) is 9.53. The maximum atomic E-state index is 13.6. The van der Waals surface area contributed by atoms with Gasteiger partial charge in [-0.2, -0.15) is 0 Å². The summed E-state index contributed by atoms with van der Waals surface area (Å²) >= 11 is 0. The Morgan fingerprint density at radius 3 is 1.97 bits per heavy atom. The number of pyridine rings is 1. The monoisotopic (exact) mass is 504 g/mol. The summed E-state index contributed by atoms with van der Waals surface area (Å²) in [5.74, 6) is -1.97. The molecule has 0 radical (unpaired) electrons. The zero-order valence-corrected chi connectivity index (χ0v) is 21.5. The van der Waals surface area contributed by atoms with Crippen LogP contribution in [0.2, 0.25) is 0 Å². The Balaban J connectivity index is 1.89. The lowest BCUT2D eigenvalue weighted by atomic mass is 9.98. The number of amides is 1. The van der Waals surface area contributed by atoms with Gasteiger partial charge in [0, 0.05) is 12.6 Å². The number of benzene rings is 2. The van der Waals surface area contributed by atoms with Crippen molar-refractivity contribution in [3.63, 3.8) is 0 Å². The summed E-state index contributed by atoms with van der Waals surface area (Å²) in [6.45, 7) is 5.22. The van der Waals surface area contributed by atoms with Crippen LogP contribution in [0.3, 0.4) is 0 Å². The van der Waals surface area contributed by atoms with Crippen molar-refractivity contribution >= 4 is 17.8 Å². The molecule has 0 unspecified atom stereocenters. The van der Waals surface area contributed by atoms with E-state index in [1.54, 1.807) is 33.0 Å². The van der Waals surface area contributed by atoms with Crippen molar-refractivity contribution in [1.82, 2.24) is 9.88 Å². The molecule has 0 aliphatic carbocycles. The molecule has 8 heteroatoms. The molecule has 0 spiro atoms. The number of carbonyl (C=O) groups excluding carboxylic acids is 3. The molecule has 0 saturated heterocycles. The standard InChI is InChI=1S/C29H32N2O6/c1-29(2,3)37-24(32)18-17-23(28(35)36-4)30-26(33)22-16-11-19-31(27(22)34)25(20-12-7-5-8-13-20)21-14-9-6-10-15-21/h5-16,19,23,25H,17-18H2,1-4H3,(H,30,33)/t23-/m0/s1. The molecule has 0 bridgehead atoms. The normalized spacial score (nSPS) is 12.0. The number of carbonyl (C=O) groups is 3. The summed E-state index contributed by atoms with van der Waals surface area (Å²) in [7, 11) is 1.19. The molecule has 1 amide bonds. The number of hydrogen-bond donors (Lipinski definition) is 1. The van der Waals surface area contributed by atoms with Gasteiger partial charge in [-0.25, -0.2) is 4.79 Å². The minimum absolute atomic E-state index is 0.0367. The fourth-order valence-corrected chi connectivity index (χ4v) is 3.95. The van der Waals surface area contributed by atoms with Crippen LogP contribution in [0.5, 0.6) is 0 Å². The fraction of sp³-hybridized carbons (Fsp3) is 0.310. The van der Waals surface area contributed by atoms with Crippen molar-refractivity contribution in [3.8, 4) is 0 Å². The minimum atomic E-state index is -1.13. The highest BCUT2D eigenvalue weighted by Gasteiger charge is 2.27. The van der Waals surface area contributed by atoms with Crippen LogP contribution in [-0.2, 0) is 19.1 Å². The predicted octanol–water partition coefficient (Wildman–Crippen LogP) is 3.88. The van der Waals surface area contributed by atoms with Crippen LogP contribution in [0.4, 0.5) is 0 Å². The average Bonchev–Trinajstić information content (AvgIpc) is 2.87. The van der Waals surface area contributed by atoms with E-state index in [4.69, 9.17) is 9.47 Å². The van der Waals surface area contributed by atoms with E-state index in [0.29, 0.717) is 0 Å². The molecule has 1 N–H and O–H groups in total. The van der Waals surface area contributed by atoms with Gasteiger partial charge >= 0.3 is 11.9 Å². The van der Waals surface area contributed by atoms with Crippen LogP contribution in [0.1, 0.15) is 61.1 Å². The first kappa shape index (κ1) is 27.4. The maximum Gasteiger partial charge on any atom is 0.328 e. The van der Waals surface area contributed by atoms with Gasteiger partial charge in [0.2, 0.25) is 0 Å². The molecule has 2 aromatic carbocycles. The Bertz CT molecular complexity index is 1240. The summed E-state index contributed by atoms with van der Waals surface area (Å²) in [6, 6.07) is 20.4. The van der Waals surface area contributed by atoms with Gasteiger partial charge in [0.25, 0.3) is 11.5 Å². The first-order chi connectivity index (χ1) is 17.6. The smallest absolute Gasteiger partial charge is 0.328 e. The molecular formula is C29H32N2O6. The summed E-state index contributed by atoms with van der Waals surface area (Å²) in [4.78, 5) is 51.2. The number of nitrogens with one attached hydrogen (secondary N) is 1. The van der Waals surface area contributed by atoms with Crippen molar-refractivity contribution in [2.24, 2.45) is 0 Å². The minimum Gasteiger partial charge on any atom is -0.467 e. The van der Waals surface area contributed by atoms with E-state index in [1.165, 1.54) is 17.7 Å². The van der Waals surface area contributed by atoms with Gasteiger partial charge in [-0.15, -0.1) is 0 Å². The van der Waals surface area contributed by atoms with Crippen LogP contribution < -0.4 is 10.9 Å². The summed E-state index contributed by atoms with van der Waals surface area (Å²) < 4.78 is 11.6. The lowest BCUT2D eigenvalue weighted by molar-refractivity contribution is -0.155. The number of hydrogen-bond acceptors (Lipinski definition) is 6. The molecule has 3 aromatic rings. The van der Waals surface area contributed by atoms with Crippen molar-refractivity contribution < 1.29 is 23.9 Å². The van der Waals surface area contributed by atoms with Gasteiger partial charge in [0.1, 0.15) is 17.2 Å². The van der Waals surface area contributed by atoms with E-state index in [-0.39, 0.29) is 18.4 Å². The molecule has 3 rings (SSSR count). The third-order valence-corrected chi connectivity index (χ3v) is 5.58. The second kappa shape index (κ2) is 12.2. The highest BCUT2D eigenvalue weighted by Crippen LogP contribution is 2.25. The topological polar surface area (TPSA) is 104 Å². The summed E-state index contributed by atoms with van der Waals surface area (Å²) in [5, 5.41) is 2.55. The second-order valence-corrected chi connectivity index (χ2v) is 9.53. The molecule has 0 aliphatic rings. The van der Waals surface area contributed by atoms with E-state index in [9.17, 15) is 19.2 Å². The average molecular weight is 505 g/mol. The number of methoxy groups -OCH3 is 1. The zero-order valence-electron chi connectivity index (χ0n) is 21.5. The van der Waals surface area contributed by atoms with Gasteiger partial charge in [0.15, 0.2) is 0 Å². The Morgan fingerprint density at radius 2 is 1.46 bits per heavy atom. The lowest BCUT2D eigenvalue weighted by Gasteiger charge is -2.22. The Kier molecular flexibility index (Phi) is 9.00. The highest BCUT2D eigenvalue weighted by atomic mass is 16.6. The van der Waals surface area contributed by atoms with Crippen molar-refractivity contribution in [2.45, 2.75) is 51.3 Å². The van der Waals surface area contributed by atoms with E-state index in [0.717, 1.165) is 11.1 Å². The van der Waals surface area contributed by atoms with Gasteiger partial charge in [-0.1, -0.05) is 60.7 Å². The van der Waals surface area contributed by atoms with E-state index >= 15 is 0 Å². The molecule has 1 aromatic heterocycles. The van der Waals surface area contributed by atoms with Gasteiger partial charge in [0.05, 0.1) is 13.2 Å². The SMILES string of the molecule is COC(=O)[C@H](CCC(=O)OC(C)(C)C)NC(=O)c1cccn(C(c2ccccc2)c2ccccc2)c1=O. The third-order valence-electron chi connectivity index (χ3n) is 5.58. The van der Waals surface area contributed by atoms with Crippen LogP contribution in [0.15, 0.2) is 83.8 Å². The highest BCUT2D eigenvalue weighted by molar-refractivity contribution is 5.96. The predicted molar refractivity (Wildman–Crippen MR) is 139 cm³/mol. The molecule has 0 fully saturated rings. The number of rotatable bonds is 9. The van der Waals surface area contributed by atoms with E-state index in [1.807, 2.05) is 60.7 Å². The lowest BCUT2D eigenvalue weighted by Crippen LogP contribution is -2.44. The van der Waals surface area contributed by atoms with Crippen LogP contribution >= 0.6 is 0 Å². The molecule has 194 valence electrons. The van der Waals surface area contributed by atoms with Crippen LogP contribution in [-0.4, -0.2) is 41.2 Å². The maximum absolute atomic E-state index is 13.6. The Labute approximate surface area is 216 Å². The Morgan fingerprint density at radius 1 is 0.892 bits per heavy atom. The summed E-state index contributed by atoms with van der Waals surface area (Å²) in [5.41, 5.74) is 0.417. The summed E-state index contributed by atoms with van der Waals surface area (Å²) in [6.07, 6.45) is 1.48. The number of esters is 2. The largest absolute Gasteiger partial charge is 0.467 e. The quantitative estimate of drug-likeness (QED) is 0.444. The van der Waals surface area contributed by atoms with Crippen molar-refractivity contribution in [3.05, 3.63) is 106 Å². The molecule has 1 atom stereocenters. The molecular weight excluding hydrogens is 472 g/mol. The van der Waals surface area contributed by atoms with E-state index in [2.05, 4.69) is 5.32 Å². The van der Waals surface area contributed by atoms with Crippen LogP contribution in [0, 0.1) is 0 Å². The van der Waals surface area contributed by atoms with Gasteiger partial charge in [-0.3, -0.25) is 14.4 Å². The molecule has 0 aliphatic heterocycles. The van der Waals surface area contributed by atoms with E-state index < -0.39 is 41.1 Å². The number of nitrogens with zero attached hydrogens (tertiary/aromatic N) is 1. The molecule has 0 saturated carbocycles. The van der Waals surface area contributed by atoms with Gasteiger partial charge in [-0.05, 0) is 50.5 Å². The van der Waals surface area contributed by atoms with Gasteiger partial charge < -0.3 is 19.4 Å². The van der Waals surface area contributed by atoms with Crippen molar-refractivity contribution in [2.75, 3.05) is 7.11 Å². The van der Waals surface area contributed by atoms with Crippen molar-refractivity contribution in [1.29, 1.82) is 0 Å². The zero-order chi connectivity index (χ0) is 27.0.